The van der Waals surface area contributed by atoms with Crippen LogP contribution in [-0.2, 0) is 22.5 Å². The average molecular weight is 466 g/mol. The van der Waals surface area contributed by atoms with Crippen molar-refractivity contribution in [3.63, 3.8) is 0 Å². The SMILES string of the molecule is CCCc1c(C(=O)Nc2ccccc2)nc(-c2ccc(F)cc2)n1CC[C@@H]1C[C@@H](O)CC(=O)O1. The highest BCUT2D eigenvalue weighted by atomic mass is 19.1. The van der Waals surface area contributed by atoms with Gasteiger partial charge in [-0.05, 0) is 42.8 Å². The molecule has 178 valence electrons. The zero-order valence-corrected chi connectivity index (χ0v) is 19.0. The van der Waals surface area contributed by atoms with E-state index in [4.69, 9.17) is 4.74 Å². The summed E-state index contributed by atoms with van der Waals surface area (Å²) in [5, 5.41) is 12.9. The molecule has 3 aromatic rings. The fourth-order valence-electron chi connectivity index (χ4n) is 4.24. The summed E-state index contributed by atoms with van der Waals surface area (Å²) in [4.78, 5) is 29.7. The van der Waals surface area contributed by atoms with E-state index in [1.54, 1.807) is 24.3 Å². The maximum absolute atomic E-state index is 13.6. The quantitative estimate of drug-likeness (QED) is 0.483. The number of halogens is 1. The largest absolute Gasteiger partial charge is 0.462 e. The summed E-state index contributed by atoms with van der Waals surface area (Å²) in [7, 11) is 0. The second-order valence-electron chi connectivity index (χ2n) is 8.45. The summed E-state index contributed by atoms with van der Waals surface area (Å²) in [6.45, 7) is 2.45. The number of carbonyl (C=O) groups is 2. The van der Waals surface area contributed by atoms with Gasteiger partial charge >= 0.3 is 5.97 Å². The van der Waals surface area contributed by atoms with Crippen LogP contribution in [0.15, 0.2) is 54.6 Å². The zero-order valence-electron chi connectivity index (χ0n) is 19.0. The number of hydrogen-bond donors (Lipinski definition) is 2. The number of aliphatic hydroxyl groups is 1. The third kappa shape index (κ3) is 5.51. The third-order valence-electron chi connectivity index (χ3n) is 5.82. The van der Waals surface area contributed by atoms with Crippen molar-refractivity contribution in [1.82, 2.24) is 9.55 Å². The molecule has 2 atom stereocenters. The molecule has 1 aliphatic heterocycles. The van der Waals surface area contributed by atoms with E-state index in [0.29, 0.717) is 48.6 Å². The number of imidazole rings is 1. The van der Waals surface area contributed by atoms with Crippen LogP contribution in [0.3, 0.4) is 0 Å². The number of amides is 1. The first-order valence-corrected chi connectivity index (χ1v) is 11.5. The van der Waals surface area contributed by atoms with E-state index >= 15 is 0 Å². The van der Waals surface area contributed by atoms with Crippen LogP contribution in [0.25, 0.3) is 11.4 Å². The Hall–Kier alpha value is -3.52. The van der Waals surface area contributed by atoms with Crippen LogP contribution in [-0.4, -0.2) is 38.7 Å². The molecule has 1 aromatic heterocycles. The molecule has 8 heteroatoms. The number of nitrogens with one attached hydrogen (secondary N) is 1. The number of aliphatic hydroxyl groups excluding tert-OH is 1. The third-order valence-corrected chi connectivity index (χ3v) is 5.82. The molecule has 2 N–H and O–H groups in total. The Bertz CT molecular complexity index is 1140. The van der Waals surface area contributed by atoms with Crippen LogP contribution in [0, 0.1) is 5.82 Å². The summed E-state index contributed by atoms with van der Waals surface area (Å²) in [5.41, 5.74) is 2.41. The standard InChI is InChI=1S/C26H28FN3O4/c1-2-6-22-24(26(33)28-19-7-4-3-5-8-19)29-25(17-9-11-18(27)12-10-17)30(22)14-13-21-15-20(31)16-23(32)34-21/h3-5,7-12,20-21,31H,2,6,13-16H2,1H3,(H,28,33)/t20-,21-/m1/s1. The number of aromatic nitrogens is 2. The molecule has 0 radical (unpaired) electrons. The summed E-state index contributed by atoms with van der Waals surface area (Å²) in [6, 6.07) is 15.1. The van der Waals surface area contributed by atoms with Crippen molar-refractivity contribution < 1.29 is 23.8 Å². The number of hydrogen-bond acceptors (Lipinski definition) is 5. The molecule has 34 heavy (non-hydrogen) atoms. The lowest BCUT2D eigenvalue weighted by molar-refractivity contribution is -0.160. The molecule has 0 unspecified atom stereocenters. The molecule has 1 aliphatic rings. The summed E-state index contributed by atoms with van der Waals surface area (Å²) >= 11 is 0. The number of para-hydroxylation sites is 1. The monoisotopic (exact) mass is 465 g/mol. The highest BCUT2D eigenvalue weighted by Crippen LogP contribution is 2.27. The molecule has 7 nitrogen and oxygen atoms in total. The number of benzene rings is 2. The van der Waals surface area contributed by atoms with Crippen molar-refractivity contribution >= 4 is 17.6 Å². The van der Waals surface area contributed by atoms with Crippen LogP contribution in [0.5, 0.6) is 0 Å². The molecule has 2 heterocycles. The van der Waals surface area contributed by atoms with E-state index < -0.39 is 18.2 Å². The van der Waals surface area contributed by atoms with Gasteiger partial charge in [-0.3, -0.25) is 9.59 Å². The Morgan fingerprint density at radius 2 is 1.94 bits per heavy atom. The van der Waals surface area contributed by atoms with Crippen molar-refractivity contribution in [2.45, 2.75) is 57.8 Å². The van der Waals surface area contributed by atoms with E-state index in [9.17, 15) is 19.1 Å². The molecule has 2 aromatic carbocycles. The van der Waals surface area contributed by atoms with E-state index in [1.165, 1.54) is 12.1 Å². The number of nitrogens with zero attached hydrogens (tertiary/aromatic N) is 2. The molecule has 0 spiro atoms. The molecule has 1 fully saturated rings. The van der Waals surface area contributed by atoms with Crippen LogP contribution >= 0.6 is 0 Å². The van der Waals surface area contributed by atoms with Gasteiger partial charge in [-0.25, -0.2) is 9.37 Å². The second kappa shape index (κ2) is 10.6. The number of ether oxygens (including phenoxy) is 1. The number of cyclic esters (lactones) is 1. The van der Waals surface area contributed by atoms with Gasteiger partial charge in [-0.2, -0.15) is 0 Å². The normalized spacial score (nSPS) is 17.9. The van der Waals surface area contributed by atoms with Gasteiger partial charge in [-0.15, -0.1) is 0 Å². The zero-order chi connectivity index (χ0) is 24.1. The average Bonchev–Trinajstić information content (AvgIpc) is 3.17. The Morgan fingerprint density at radius 1 is 1.21 bits per heavy atom. The first kappa shape index (κ1) is 23.6. The van der Waals surface area contributed by atoms with E-state index in [1.807, 2.05) is 29.7 Å². The molecule has 0 aliphatic carbocycles. The first-order valence-electron chi connectivity index (χ1n) is 11.5. The molecule has 1 amide bonds. The van der Waals surface area contributed by atoms with Crippen molar-refractivity contribution in [3.8, 4) is 11.4 Å². The lowest BCUT2D eigenvalue weighted by Crippen LogP contribution is -2.33. The van der Waals surface area contributed by atoms with Crippen LogP contribution in [0.2, 0.25) is 0 Å². The van der Waals surface area contributed by atoms with Crippen LogP contribution in [0.1, 0.15) is 48.8 Å². The van der Waals surface area contributed by atoms with Gasteiger partial charge in [0.1, 0.15) is 23.4 Å². The molecule has 4 rings (SSSR count). The number of esters is 1. The first-order chi connectivity index (χ1) is 16.4. The molecular weight excluding hydrogens is 437 g/mol. The summed E-state index contributed by atoms with van der Waals surface area (Å²) in [6.07, 6.45) is 1.10. The van der Waals surface area contributed by atoms with E-state index in [2.05, 4.69) is 10.3 Å². The lowest BCUT2D eigenvalue weighted by Gasteiger charge is -2.26. The minimum absolute atomic E-state index is 0.00724. The number of anilines is 1. The van der Waals surface area contributed by atoms with Crippen molar-refractivity contribution in [1.29, 1.82) is 0 Å². The van der Waals surface area contributed by atoms with Gasteiger partial charge in [0.2, 0.25) is 0 Å². The Balaban J connectivity index is 1.69. The molecule has 0 bridgehead atoms. The van der Waals surface area contributed by atoms with Gasteiger partial charge < -0.3 is 19.7 Å². The Kier molecular flexibility index (Phi) is 7.37. The predicted molar refractivity (Wildman–Crippen MR) is 126 cm³/mol. The fraction of sp³-hybridized carbons (Fsp3) is 0.346. The van der Waals surface area contributed by atoms with E-state index in [0.717, 1.165) is 12.1 Å². The summed E-state index contributed by atoms with van der Waals surface area (Å²) in [5.74, 6) is -0.550. The highest BCUT2D eigenvalue weighted by Gasteiger charge is 2.29. The van der Waals surface area contributed by atoms with Crippen molar-refractivity contribution in [2.24, 2.45) is 0 Å². The van der Waals surface area contributed by atoms with Crippen molar-refractivity contribution in [3.05, 3.63) is 71.8 Å². The van der Waals surface area contributed by atoms with Gasteiger partial charge in [0.15, 0.2) is 0 Å². The summed E-state index contributed by atoms with van der Waals surface area (Å²) < 4.78 is 20.9. The molecular formula is C26H28FN3O4. The van der Waals surface area contributed by atoms with Gasteiger partial charge in [-0.1, -0.05) is 31.5 Å². The fourth-order valence-corrected chi connectivity index (χ4v) is 4.24. The highest BCUT2D eigenvalue weighted by molar-refractivity contribution is 6.04. The van der Waals surface area contributed by atoms with E-state index in [-0.39, 0.29) is 18.1 Å². The smallest absolute Gasteiger partial charge is 0.308 e. The topological polar surface area (TPSA) is 93.5 Å². The minimum Gasteiger partial charge on any atom is -0.462 e. The number of carbonyl (C=O) groups excluding carboxylic acids is 2. The molecule has 0 saturated carbocycles. The Labute approximate surface area is 197 Å². The maximum atomic E-state index is 13.6. The molecule has 1 saturated heterocycles. The van der Waals surface area contributed by atoms with Crippen molar-refractivity contribution in [2.75, 3.05) is 5.32 Å². The Morgan fingerprint density at radius 3 is 2.62 bits per heavy atom. The van der Waals surface area contributed by atoms with Crippen LogP contribution in [0.4, 0.5) is 10.1 Å². The number of rotatable bonds is 8. The second-order valence-corrected chi connectivity index (χ2v) is 8.45. The lowest BCUT2D eigenvalue weighted by atomic mass is 10.0. The van der Waals surface area contributed by atoms with Gasteiger partial charge in [0, 0.05) is 30.6 Å². The van der Waals surface area contributed by atoms with Gasteiger partial charge in [0.25, 0.3) is 5.91 Å². The predicted octanol–water partition coefficient (Wildman–Crippen LogP) is 4.35. The van der Waals surface area contributed by atoms with Crippen LogP contribution < -0.4 is 5.32 Å². The van der Waals surface area contributed by atoms with Gasteiger partial charge in [0.05, 0.1) is 18.2 Å². The maximum Gasteiger partial charge on any atom is 0.308 e. The minimum atomic E-state index is -0.715.